The Labute approximate surface area is 69.4 Å². The van der Waals surface area contributed by atoms with Gasteiger partial charge in [-0.15, -0.1) is 0 Å². The average Bonchev–Trinajstić information content (AvgIpc) is 1.84. The third kappa shape index (κ3) is 5.09. The van der Waals surface area contributed by atoms with Crippen LogP contribution in [-0.4, -0.2) is 44.0 Å². The molecule has 0 heterocycles. The highest BCUT2D eigenvalue weighted by Crippen LogP contribution is 1.98. The summed E-state index contributed by atoms with van der Waals surface area (Å²) in [6.07, 6.45) is 1.18. The van der Waals surface area contributed by atoms with Crippen LogP contribution in [-0.2, 0) is 0 Å². The van der Waals surface area contributed by atoms with E-state index in [1.807, 2.05) is 0 Å². The summed E-state index contributed by atoms with van der Waals surface area (Å²) in [5.41, 5.74) is 5.45. The zero-order valence-electron chi connectivity index (χ0n) is 7.01. The molecule has 0 fully saturated rings. The van der Waals surface area contributed by atoms with Crippen molar-refractivity contribution in [2.45, 2.75) is 6.42 Å². The van der Waals surface area contributed by atoms with Crippen molar-refractivity contribution in [3.05, 3.63) is 0 Å². The Morgan fingerprint density at radius 1 is 1.30 bits per heavy atom. The van der Waals surface area contributed by atoms with Crippen LogP contribution in [0.25, 0.3) is 0 Å². The number of thiol groups is 1. The van der Waals surface area contributed by atoms with E-state index in [1.54, 1.807) is 0 Å². The van der Waals surface area contributed by atoms with Gasteiger partial charge in [0, 0.05) is 13.0 Å². The zero-order chi connectivity index (χ0) is 8.04. The van der Waals surface area contributed by atoms with Crippen molar-refractivity contribution < 1.29 is 4.48 Å². The predicted molar refractivity (Wildman–Crippen MR) is 49.4 cm³/mol. The standard InChI is InChI=1S/C7H18N2S/c1-9(2,6-4-8)5-3-7-10/h3-8H2,1-2H3/p+1. The molecule has 0 aliphatic rings. The van der Waals surface area contributed by atoms with Gasteiger partial charge in [-0.3, -0.25) is 0 Å². The van der Waals surface area contributed by atoms with E-state index in [1.165, 1.54) is 13.0 Å². The van der Waals surface area contributed by atoms with E-state index < -0.39 is 0 Å². The second-order valence-corrected chi connectivity index (χ2v) is 3.70. The van der Waals surface area contributed by atoms with Crippen LogP contribution in [0.3, 0.4) is 0 Å². The first-order valence-electron chi connectivity index (χ1n) is 3.75. The molecule has 0 amide bonds. The number of hydrogen-bond acceptors (Lipinski definition) is 2. The maximum atomic E-state index is 5.45. The van der Waals surface area contributed by atoms with E-state index in [-0.39, 0.29) is 0 Å². The molecule has 0 aliphatic carbocycles. The second kappa shape index (κ2) is 4.99. The Morgan fingerprint density at radius 3 is 2.30 bits per heavy atom. The molecule has 0 aromatic carbocycles. The Morgan fingerprint density at radius 2 is 1.90 bits per heavy atom. The minimum Gasteiger partial charge on any atom is -0.327 e. The number of hydrogen-bond donors (Lipinski definition) is 2. The molecule has 0 aromatic heterocycles. The second-order valence-electron chi connectivity index (χ2n) is 3.25. The lowest BCUT2D eigenvalue weighted by Crippen LogP contribution is -2.44. The maximum absolute atomic E-state index is 5.45. The SMILES string of the molecule is C[N+](C)(CCN)CCCS. The molecule has 0 aromatic rings. The van der Waals surface area contributed by atoms with Gasteiger partial charge in [0.1, 0.15) is 0 Å². The van der Waals surface area contributed by atoms with Crippen molar-refractivity contribution in [1.29, 1.82) is 0 Å². The number of quaternary nitrogens is 1. The van der Waals surface area contributed by atoms with Crippen LogP contribution < -0.4 is 5.73 Å². The van der Waals surface area contributed by atoms with Gasteiger partial charge in [0.05, 0.1) is 27.2 Å². The molecular formula is C7H19N2S+. The van der Waals surface area contributed by atoms with E-state index in [0.717, 1.165) is 23.3 Å². The fourth-order valence-corrected chi connectivity index (χ4v) is 1.10. The van der Waals surface area contributed by atoms with Gasteiger partial charge < -0.3 is 10.2 Å². The van der Waals surface area contributed by atoms with Crippen molar-refractivity contribution in [1.82, 2.24) is 0 Å². The van der Waals surface area contributed by atoms with Gasteiger partial charge in [-0.2, -0.15) is 12.6 Å². The highest BCUT2D eigenvalue weighted by Gasteiger charge is 2.11. The van der Waals surface area contributed by atoms with Crippen molar-refractivity contribution in [3.63, 3.8) is 0 Å². The summed E-state index contributed by atoms with van der Waals surface area (Å²) in [4.78, 5) is 0. The molecule has 2 nitrogen and oxygen atoms in total. The van der Waals surface area contributed by atoms with Crippen LogP contribution in [0.5, 0.6) is 0 Å². The molecule has 10 heavy (non-hydrogen) atoms. The van der Waals surface area contributed by atoms with Crippen LogP contribution >= 0.6 is 12.6 Å². The number of rotatable bonds is 5. The molecule has 0 saturated carbocycles. The summed E-state index contributed by atoms with van der Waals surface area (Å²) in [6, 6.07) is 0. The van der Waals surface area contributed by atoms with E-state index in [9.17, 15) is 0 Å². The lowest BCUT2D eigenvalue weighted by molar-refractivity contribution is -0.888. The summed E-state index contributed by atoms with van der Waals surface area (Å²) in [7, 11) is 4.41. The number of nitrogens with two attached hydrogens (primary N) is 1. The summed E-state index contributed by atoms with van der Waals surface area (Å²) in [5, 5.41) is 0. The van der Waals surface area contributed by atoms with Gasteiger partial charge in [-0.1, -0.05) is 0 Å². The number of likely N-dealkylation sites (N-methyl/N-ethyl adjacent to an activating group) is 1. The molecular weight excluding hydrogens is 144 g/mol. The van der Waals surface area contributed by atoms with Crippen LogP contribution in [0, 0.1) is 0 Å². The first-order chi connectivity index (χ1) is 4.62. The number of nitrogens with zero attached hydrogens (tertiary/aromatic N) is 1. The molecule has 0 unspecified atom stereocenters. The lowest BCUT2D eigenvalue weighted by Gasteiger charge is -2.28. The van der Waals surface area contributed by atoms with Gasteiger partial charge >= 0.3 is 0 Å². The molecule has 0 bridgehead atoms. The fraction of sp³-hybridized carbons (Fsp3) is 1.00. The van der Waals surface area contributed by atoms with E-state index in [2.05, 4.69) is 26.7 Å². The molecule has 2 N–H and O–H groups in total. The molecule has 62 valence electrons. The van der Waals surface area contributed by atoms with Gasteiger partial charge in [0.15, 0.2) is 0 Å². The fourth-order valence-electron chi connectivity index (χ4n) is 0.960. The normalized spacial score (nSPS) is 12.0. The van der Waals surface area contributed by atoms with Gasteiger partial charge in [-0.25, -0.2) is 0 Å². The van der Waals surface area contributed by atoms with E-state index in [4.69, 9.17) is 5.73 Å². The first kappa shape index (κ1) is 10.3. The third-order valence-electron chi connectivity index (χ3n) is 1.66. The molecule has 0 saturated heterocycles. The van der Waals surface area contributed by atoms with Gasteiger partial charge in [0.2, 0.25) is 0 Å². The minimum absolute atomic E-state index is 0.777. The smallest absolute Gasteiger partial charge is 0.0907 e. The summed E-state index contributed by atoms with van der Waals surface area (Å²) in [5.74, 6) is 0.978. The third-order valence-corrected chi connectivity index (χ3v) is 1.97. The summed E-state index contributed by atoms with van der Waals surface area (Å²) >= 11 is 4.16. The molecule has 0 atom stereocenters. The molecule has 3 heteroatoms. The Hall–Kier alpha value is 0.270. The first-order valence-corrected chi connectivity index (χ1v) is 4.38. The van der Waals surface area contributed by atoms with Crippen LogP contribution in [0.15, 0.2) is 0 Å². The van der Waals surface area contributed by atoms with Crippen molar-refractivity contribution in [3.8, 4) is 0 Å². The van der Waals surface area contributed by atoms with Gasteiger partial charge in [0.25, 0.3) is 0 Å². The average molecular weight is 163 g/mol. The quantitative estimate of drug-likeness (QED) is 0.444. The molecule has 0 radical (unpaired) electrons. The van der Waals surface area contributed by atoms with Crippen molar-refractivity contribution in [2.75, 3.05) is 39.5 Å². The molecule has 0 aliphatic heterocycles. The lowest BCUT2D eigenvalue weighted by atomic mass is 10.3. The topological polar surface area (TPSA) is 26.0 Å². The Bertz CT molecular complexity index is 83.7. The maximum Gasteiger partial charge on any atom is 0.0907 e. The van der Waals surface area contributed by atoms with Crippen molar-refractivity contribution in [2.24, 2.45) is 5.73 Å². The Kier molecular flexibility index (Phi) is 5.13. The highest BCUT2D eigenvalue weighted by molar-refractivity contribution is 7.80. The van der Waals surface area contributed by atoms with Crippen LogP contribution in [0.4, 0.5) is 0 Å². The molecule has 0 spiro atoms. The van der Waals surface area contributed by atoms with E-state index in [0.29, 0.717) is 0 Å². The summed E-state index contributed by atoms with van der Waals surface area (Å²) in [6.45, 7) is 3.02. The largest absolute Gasteiger partial charge is 0.327 e. The Balaban J connectivity index is 3.42. The molecule has 0 rings (SSSR count). The van der Waals surface area contributed by atoms with Gasteiger partial charge in [-0.05, 0) is 5.75 Å². The minimum atomic E-state index is 0.777. The summed E-state index contributed by atoms with van der Waals surface area (Å²) < 4.78 is 1.02. The highest BCUT2D eigenvalue weighted by atomic mass is 32.1. The van der Waals surface area contributed by atoms with Crippen LogP contribution in [0.2, 0.25) is 0 Å². The monoisotopic (exact) mass is 163 g/mol. The van der Waals surface area contributed by atoms with Crippen molar-refractivity contribution >= 4 is 12.6 Å². The van der Waals surface area contributed by atoms with E-state index >= 15 is 0 Å². The predicted octanol–water partition coefficient (Wildman–Crippen LogP) is 0.341. The zero-order valence-corrected chi connectivity index (χ0v) is 7.90. The van der Waals surface area contributed by atoms with Crippen LogP contribution in [0.1, 0.15) is 6.42 Å².